The molecular weight excluding hydrogens is 646 g/mol. The van der Waals surface area contributed by atoms with Crippen molar-refractivity contribution in [1.29, 1.82) is 0 Å². The van der Waals surface area contributed by atoms with Gasteiger partial charge < -0.3 is 45.0 Å². The Morgan fingerprint density at radius 2 is 1.37 bits per heavy atom. The zero-order chi connectivity index (χ0) is 36.2. The van der Waals surface area contributed by atoms with E-state index in [4.69, 9.17) is 9.47 Å². The molecule has 2 heterocycles. The number of carbonyl (C=O) groups is 1. The summed E-state index contributed by atoms with van der Waals surface area (Å²) in [5.41, 5.74) is 5.31. The second-order valence-corrected chi connectivity index (χ2v) is 16.4. The van der Waals surface area contributed by atoms with Crippen LogP contribution in [0.2, 0.25) is 0 Å². The van der Waals surface area contributed by atoms with Crippen molar-refractivity contribution in [1.82, 2.24) is 15.1 Å². The molecule has 2 aromatic rings. The van der Waals surface area contributed by atoms with Crippen molar-refractivity contribution in [2.45, 2.75) is 119 Å². The summed E-state index contributed by atoms with van der Waals surface area (Å²) < 4.78 is 11.4. The molecule has 9 atom stereocenters. The molecule has 280 valence electrons. The number of hydrogen-bond donors (Lipinski definition) is 5. The number of rotatable bonds is 7. The molecule has 6 aliphatic rings. The molecular formula is C41H59N3O7. The highest BCUT2D eigenvalue weighted by atomic mass is 16.5. The van der Waals surface area contributed by atoms with Crippen LogP contribution in [0.4, 0.5) is 0 Å². The van der Waals surface area contributed by atoms with Crippen molar-refractivity contribution in [3.8, 4) is 11.5 Å². The van der Waals surface area contributed by atoms with Gasteiger partial charge in [0.05, 0.1) is 19.3 Å². The predicted molar refractivity (Wildman–Crippen MR) is 195 cm³/mol. The Morgan fingerprint density at radius 1 is 0.824 bits per heavy atom. The third kappa shape index (κ3) is 5.84. The average Bonchev–Trinajstić information content (AvgIpc) is 3.13. The highest BCUT2D eigenvalue weighted by Gasteiger charge is 2.59. The van der Waals surface area contributed by atoms with Gasteiger partial charge in [-0.2, -0.15) is 0 Å². The zero-order valence-corrected chi connectivity index (χ0v) is 31.2. The van der Waals surface area contributed by atoms with Gasteiger partial charge in [-0.15, -0.1) is 0 Å². The van der Waals surface area contributed by atoms with Crippen molar-refractivity contribution in [3.63, 3.8) is 0 Å². The second-order valence-electron chi connectivity index (χ2n) is 16.4. The Hall–Kier alpha value is -2.57. The summed E-state index contributed by atoms with van der Waals surface area (Å²) >= 11 is 0. The predicted octanol–water partition coefficient (Wildman–Crippen LogP) is 3.55. The standard InChI is InChI=1S/C22H34N2O3.C19H25NO4/c1-4-8-23-17-12-22-7-9-24(2)18(16(22)11-19(17)27-3)10-14-5-6-15(13-25)21(26)20(14)22;1-20-6-5-19-9-15(22)16(24-2)8-13(19)14(20)7-11-3-4-12(10-21)18(23)17(11)19/h5-6,16-19,23,25-26H,4,7-13H2,1-3H3;3-4,13-14,16,21,23H,5-10H2,1-2H3/t16-,17+,18+,19?,22-;13-,14+,16?,19-/m11/s1. The number of carbonyl (C=O) groups excluding carboxylic acids is 1. The number of likely N-dealkylation sites (tertiary alicyclic amines) is 2. The molecule has 4 aliphatic carbocycles. The molecule has 0 radical (unpaired) electrons. The van der Waals surface area contributed by atoms with E-state index in [1.165, 1.54) is 5.56 Å². The SMILES string of the molecule is CCCN[C@H]1C[C@@]23CCN(C)[C@@H](Cc4ccc(CO)c(O)c42)[C@H]3CC1OC.COC1C[C@@H]2[C@@H]3Cc4ccc(CO)c(O)c4[C@]2(CCN3C)CC1=O. The number of likely N-dealkylation sites (N-methyl/N-ethyl adjacent to an activating group) is 2. The molecule has 2 aromatic carbocycles. The third-order valence-electron chi connectivity index (χ3n) is 14.3. The number of ether oxygens (including phenoxy) is 2. The molecule has 0 aromatic heterocycles. The van der Waals surface area contributed by atoms with Crippen LogP contribution in [0.3, 0.4) is 0 Å². The number of phenols is 2. The topological polar surface area (TPSA) is 135 Å². The fraction of sp³-hybridized carbons (Fsp3) is 0.683. The van der Waals surface area contributed by atoms with Crippen LogP contribution in [-0.4, -0.2) is 114 Å². The van der Waals surface area contributed by atoms with Crippen LogP contribution in [0.15, 0.2) is 24.3 Å². The Labute approximate surface area is 303 Å². The quantitative estimate of drug-likeness (QED) is 0.291. The van der Waals surface area contributed by atoms with E-state index in [2.05, 4.69) is 42.2 Å². The van der Waals surface area contributed by atoms with Gasteiger partial charge in [0.25, 0.3) is 0 Å². The number of nitrogens with one attached hydrogen (secondary N) is 1. The van der Waals surface area contributed by atoms with Gasteiger partial charge in [0.15, 0.2) is 5.78 Å². The Kier molecular flexibility index (Phi) is 10.3. The molecule has 8 rings (SSSR count). The molecule has 10 heteroatoms. The number of methoxy groups -OCH3 is 2. The Morgan fingerprint density at radius 3 is 1.90 bits per heavy atom. The summed E-state index contributed by atoms with van der Waals surface area (Å²) in [6.07, 6.45) is 7.92. The first-order valence-electron chi connectivity index (χ1n) is 19.2. The number of benzene rings is 2. The Balaban J connectivity index is 0.000000160. The summed E-state index contributed by atoms with van der Waals surface area (Å²) in [5, 5.41) is 45.0. The van der Waals surface area contributed by atoms with Crippen LogP contribution in [0.5, 0.6) is 11.5 Å². The number of piperidine rings is 2. The smallest absolute Gasteiger partial charge is 0.162 e. The van der Waals surface area contributed by atoms with Gasteiger partial charge in [-0.05, 0) is 108 Å². The van der Waals surface area contributed by atoms with Gasteiger partial charge in [0, 0.05) is 71.8 Å². The van der Waals surface area contributed by atoms with Crippen molar-refractivity contribution >= 4 is 5.78 Å². The lowest BCUT2D eigenvalue weighted by Gasteiger charge is -2.61. The number of aromatic hydroxyl groups is 2. The number of hydrogen-bond acceptors (Lipinski definition) is 10. The van der Waals surface area contributed by atoms with Crippen LogP contribution < -0.4 is 5.32 Å². The summed E-state index contributed by atoms with van der Waals surface area (Å²) in [6, 6.07) is 9.04. The van der Waals surface area contributed by atoms with Crippen molar-refractivity contribution < 1.29 is 34.7 Å². The number of aliphatic hydroxyl groups is 2. The minimum Gasteiger partial charge on any atom is -0.507 e. The van der Waals surface area contributed by atoms with Crippen molar-refractivity contribution in [2.75, 3.05) is 47.9 Å². The lowest BCUT2D eigenvalue weighted by Crippen LogP contribution is -2.65. The van der Waals surface area contributed by atoms with Crippen LogP contribution in [0, 0.1) is 11.8 Å². The second kappa shape index (κ2) is 14.3. The van der Waals surface area contributed by atoms with Crippen LogP contribution >= 0.6 is 0 Å². The van der Waals surface area contributed by atoms with Crippen molar-refractivity contribution in [3.05, 3.63) is 57.6 Å². The maximum Gasteiger partial charge on any atom is 0.162 e. The maximum absolute atomic E-state index is 12.7. The minimum atomic E-state index is -0.332. The largest absolute Gasteiger partial charge is 0.507 e. The first-order valence-corrected chi connectivity index (χ1v) is 19.2. The molecule has 5 N–H and O–H groups in total. The van der Waals surface area contributed by atoms with Crippen LogP contribution in [-0.2, 0) is 51.2 Å². The van der Waals surface area contributed by atoms with Gasteiger partial charge in [-0.3, -0.25) is 4.79 Å². The van der Waals surface area contributed by atoms with Gasteiger partial charge in [-0.25, -0.2) is 0 Å². The van der Waals surface area contributed by atoms with E-state index >= 15 is 0 Å². The molecule has 0 spiro atoms. The summed E-state index contributed by atoms with van der Waals surface area (Å²) in [7, 11) is 7.84. The monoisotopic (exact) mass is 705 g/mol. The Bertz CT molecular complexity index is 1620. The molecule has 0 amide bonds. The fourth-order valence-corrected chi connectivity index (χ4v) is 11.7. The lowest BCUT2D eigenvalue weighted by molar-refractivity contribution is -0.141. The summed E-state index contributed by atoms with van der Waals surface area (Å²) in [5.74, 6) is 1.46. The summed E-state index contributed by atoms with van der Waals surface area (Å²) in [6.45, 7) is 4.87. The van der Waals surface area contributed by atoms with E-state index in [-0.39, 0.29) is 47.8 Å². The molecule has 51 heavy (non-hydrogen) atoms. The first-order chi connectivity index (χ1) is 24.6. The molecule has 2 saturated heterocycles. The van der Waals surface area contributed by atoms with Gasteiger partial charge in [0.2, 0.25) is 0 Å². The molecule has 2 aliphatic heterocycles. The van der Waals surface area contributed by atoms with Crippen molar-refractivity contribution in [2.24, 2.45) is 11.8 Å². The number of aliphatic hydroxyl groups excluding tert-OH is 2. The van der Waals surface area contributed by atoms with Crippen LogP contribution in [0.1, 0.15) is 85.3 Å². The van der Waals surface area contributed by atoms with Gasteiger partial charge in [-0.1, -0.05) is 31.2 Å². The van der Waals surface area contributed by atoms with E-state index in [1.807, 2.05) is 25.3 Å². The zero-order valence-electron chi connectivity index (χ0n) is 31.2. The van der Waals surface area contributed by atoms with E-state index in [0.29, 0.717) is 59.7 Å². The van der Waals surface area contributed by atoms with E-state index in [1.54, 1.807) is 7.11 Å². The first kappa shape index (κ1) is 36.8. The van der Waals surface area contributed by atoms with E-state index in [9.17, 15) is 25.2 Å². The van der Waals surface area contributed by atoms with Gasteiger partial charge >= 0.3 is 0 Å². The molecule has 10 nitrogen and oxygen atoms in total. The van der Waals surface area contributed by atoms with E-state index in [0.717, 1.165) is 81.3 Å². The lowest BCUT2D eigenvalue weighted by atomic mass is 9.50. The number of nitrogens with zero attached hydrogens (tertiary/aromatic N) is 2. The third-order valence-corrected chi connectivity index (χ3v) is 14.3. The average molecular weight is 706 g/mol. The highest BCUT2D eigenvalue weighted by Crippen LogP contribution is 2.59. The number of Topliss-reactive ketones (excluding diaryl/α,β-unsaturated/α-hetero) is 1. The molecule has 2 unspecified atom stereocenters. The normalized spacial score (nSPS) is 35.5. The molecule has 4 fully saturated rings. The fourth-order valence-electron chi connectivity index (χ4n) is 11.7. The van der Waals surface area contributed by atoms with E-state index < -0.39 is 0 Å². The number of fused-ring (bicyclic) bond motifs is 2. The minimum absolute atomic E-state index is 0.0273. The number of ketones is 1. The summed E-state index contributed by atoms with van der Waals surface area (Å²) in [4.78, 5) is 17.6. The molecule has 2 saturated carbocycles. The maximum atomic E-state index is 12.7. The highest BCUT2D eigenvalue weighted by molar-refractivity contribution is 5.86. The van der Waals surface area contributed by atoms with Crippen LogP contribution in [0.25, 0.3) is 0 Å². The molecule has 4 bridgehead atoms. The van der Waals surface area contributed by atoms with Gasteiger partial charge in [0.1, 0.15) is 17.6 Å².